The number of carbonyl (C=O) groups is 1. The summed E-state index contributed by atoms with van der Waals surface area (Å²) in [5.74, 6) is -0.144. The van der Waals surface area contributed by atoms with Crippen LogP contribution in [0.4, 0.5) is 0 Å². The van der Waals surface area contributed by atoms with E-state index < -0.39 is 0 Å². The van der Waals surface area contributed by atoms with Crippen LogP contribution in [0.2, 0.25) is 0 Å². The molecule has 148 valence electrons. The lowest BCUT2D eigenvalue weighted by molar-refractivity contribution is 0.104. The van der Waals surface area contributed by atoms with Gasteiger partial charge in [0, 0.05) is 35.5 Å². The van der Waals surface area contributed by atoms with Gasteiger partial charge in [0.1, 0.15) is 0 Å². The highest BCUT2D eigenvalue weighted by Crippen LogP contribution is 2.28. The zero-order chi connectivity index (χ0) is 20.9. The minimum absolute atomic E-state index is 0.144. The number of hydrogen-bond acceptors (Lipinski definition) is 4. The fraction of sp³-hybridized carbons (Fsp3) is 0.115. The van der Waals surface area contributed by atoms with Gasteiger partial charge in [0.2, 0.25) is 0 Å². The Balaban J connectivity index is 1.66. The van der Waals surface area contributed by atoms with E-state index in [4.69, 9.17) is 10.1 Å². The van der Waals surface area contributed by atoms with Crippen LogP contribution in [-0.2, 0) is 6.42 Å². The number of aryl methyl sites for hydroxylation is 1. The minimum Gasteiger partial charge on any atom is -0.396 e. The van der Waals surface area contributed by atoms with Crippen molar-refractivity contribution in [1.82, 2.24) is 9.97 Å². The summed E-state index contributed by atoms with van der Waals surface area (Å²) in [4.78, 5) is 21.2. The minimum atomic E-state index is -0.144. The average Bonchev–Trinajstić information content (AvgIpc) is 2.82. The lowest BCUT2D eigenvalue weighted by Gasteiger charge is -2.09. The number of allylic oxidation sites excluding steroid dienone is 1. The second kappa shape index (κ2) is 8.80. The molecular weight excluding hydrogens is 372 g/mol. The summed E-state index contributed by atoms with van der Waals surface area (Å²) >= 11 is 0. The summed E-state index contributed by atoms with van der Waals surface area (Å²) in [6.45, 7) is 3.82. The van der Waals surface area contributed by atoms with E-state index in [1.807, 2.05) is 18.2 Å². The van der Waals surface area contributed by atoms with E-state index in [1.165, 1.54) is 11.6 Å². The van der Waals surface area contributed by atoms with Gasteiger partial charge in [-0.05, 0) is 47.7 Å². The molecule has 30 heavy (non-hydrogen) atoms. The number of fused-ring (bicyclic) bond motifs is 1. The quantitative estimate of drug-likeness (QED) is 0.343. The van der Waals surface area contributed by atoms with Gasteiger partial charge in [0.15, 0.2) is 5.78 Å². The summed E-state index contributed by atoms with van der Waals surface area (Å²) in [6, 6.07) is 20.2. The van der Waals surface area contributed by atoms with Crippen LogP contribution in [0.25, 0.3) is 33.3 Å². The van der Waals surface area contributed by atoms with Gasteiger partial charge in [0.05, 0.1) is 11.2 Å². The number of carbonyl (C=O) groups excluding carboxylic acids is 1. The Kier molecular flexibility index (Phi) is 5.77. The first kappa shape index (κ1) is 19.7. The zero-order valence-corrected chi connectivity index (χ0v) is 16.6. The predicted molar refractivity (Wildman–Crippen MR) is 120 cm³/mol. The van der Waals surface area contributed by atoms with Crippen LogP contribution < -0.4 is 0 Å². The van der Waals surface area contributed by atoms with Gasteiger partial charge < -0.3 is 5.11 Å². The molecule has 2 heterocycles. The Morgan fingerprint density at radius 3 is 2.30 bits per heavy atom. The molecule has 4 nitrogen and oxygen atoms in total. The number of hydrogen-bond donors (Lipinski definition) is 1. The van der Waals surface area contributed by atoms with Crippen molar-refractivity contribution >= 4 is 16.7 Å². The molecule has 0 atom stereocenters. The summed E-state index contributed by atoms with van der Waals surface area (Å²) in [5, 5.41) is 9.69. The molecule has 0 aliphatic heterocycles. The van der Waals surface area contributed by atoms with Crippen LogP contribution in [0.15, 0.2) is 85.7 Å². The Morgan fingerprint density at radius 2 is 1.63 bits per heavy atom. The molecule has 4 aromatic rings. The summed E-state index contributed by atoms with van der Waals surface area (Å²) in [7, 11) is 0. The van der Waals surface area contributed by atoms with Crippen LogP contribution in [0.1, 0.15) is 22.3 Å². The zero-order valence-electron chi connectivity index (χ0n) is 16.6. The van der Waals surface area contributed by atoms with Crippen molar-refractivity contribution in [2.45, 2.75) is 12.8 Å². The van der Waals surface area contributed by atoms with Crippen molar-refractivity contribution in [3.05, 3.63) is 96.8 Å². The van der Waals surface area contributed by atoms with Crippen molar-refractivity contribution < 1.29 is 9.90 Å². The van der Waals surface area contributed by atoms with E-state index in [2.05, 4.69) is 48.0 Å². The summed E-state index contributed by atoms with van der Waals surface area (Å²) in [6.07, 6.45) is 6.31. The highest BCUT2D eigenvalue weighted by atomic mass is 16.2. The fourth-order valence-corrected chi connectivity index (χ4v) is 3.51. The third-order valence-electron chi connectivity index (χ3n) is 5.15. The fourth-order valence-electron chi connectivity index (χ4n) is 3.51. The smallest absolute Gasteiger partial charge is 0.186 e. The van der Waals surface area contributed by atoms with Crippen LogP contribution in [0.3, 0.4) is 0 Å². The molecule has 4 heteroatoms. The molecular formula is C26H22N2O2. The molecule has 1 N–H and O–H groups in total. The number of rotatable bonds is 7. The van der Waals surface area contributed by atoms with Crippen molar-refractivity contribution in [3.8, 4) is 22.4 Å². The maximum absolute atomic E-state index is 12.4. The van der Waals surface area contributed by atoms with Crippen molar-refractivity contribution in [2.24, 2.45) is 0 Å². The Morgan fingerprint density at radius 1 is 0.967 bits per heavy atom. The average molecular weight is 394 g/mol. The van der Waals surface area contributed by atoms with E-state index in [-0.39, 0.29) is 12.4 Å². The molecule has 0 aliphatic rings. The molecule has 2 aromatic carbocycles. The number of benzene rings is 2. The van der Waals surface area contributed by atoms with Crippen molar-refractivity contribution in [2.75, 3.05) is 6.61 Å². The molecule has 0 fully saturated rings. The van der Waals surface area contributed by atoms with Gasteiger partial charge in [0.25, 0.3) is 0 Å². The molecule has 0 spiro atoms. The number of pyridine rings is 2. The first-order chi connectivity index (χ1) is 14.7. The molecule has 0 saturated carbocycles. The van der Waals surface area contributed by atoms with Crippen LogP contribution in [0, 0.1) is 0 Å². The topological polar surface area (TPSA) is 63.1 Å². The predicted octanol–water partition coefficient (Wildman–Crippen LogP) is 5.26. The normalized spacial score (nSPS) is 10.8. The molecule has 0 amide bonds. The van der Waals surface area contributed by atoms with Crippen molar-refractivity contribution in [3.63, 3.8) is 0 Å². The second-order valence-corrected chi connectivity index (χ2v) is 7.12. The molecule has 0 aliphatic carbocycles. The van der Waals surface area contributed by atoms with E-state index >= 15 is 0 Å². The van der Waals surface area contributed by atoms with Crippen LogP contribution in [-0.4, -0.2) is 27.5 Å². The molecule has 0 radical (unpaired) electrons. The Hall–Kier alpha value is -3.63. The van der Waals surface area contributed by atoms with Crippen LogP contribution in [0.5, 0.6) is 0 Å². The number of ketones is 1. The van der Waals surface area contributed by atoms with E-state index in [0.29, 0.717) is 5.56 Å². The summed E-state index contributed by atoms with van der Waals surface area (Å²) in [5.41, 5.74) is 6.43. The largest absolute Gasteiger partial charge is 0.396 e. The third kappa shape index (κ3) is 4.04. The van der Waals surface area contributed by atoms with E-state index in [9.17, 15) is 4.79 Å². The molecule has 2 aromatic heterocycles. The molecule has 4 rings (SSSR count). The van der Waals surface area contributed by atoms with E-state index in [1.54, 1.807) is 18.5 Å². The van der Waals surface area contributed by atoms with Crippen molar-refractivity contribution in [1.29, 1.82) is 0 Å². The van der Waals surface area contributed by atoms with E-state index in [0.717, 1.165) is 46.1 Å². The lowest BCUT2D eigenvalue weighted by Crippen LogP contribution is -1.99. The summed E-state index contributed by atoms with van der Waals surface area (Å²) < 4.78 is 0. The number of aliphatic hydroxyl groups excluding tert-OH is 1. The second-order valence-electron chi connectivity index (χ2n) is 7.12. The highest BCUT2D eigenvalue weighted by Gasteiger charge is 2.12. The maximum atomic E-state index is 12.4. The lowest BCUT2D eigenvalue weighted by atomic mass is 9.99. The number of aromatic nitrogens is 2. The number of aliphatic hydroxyl groups is 1. The number of nitrogens with zero attached hydrogens (tertiary/aromatic N) is 2. The SMILES string of the molecule is C=CC(=O)c1cc(-c2ccc(-c3ccc(CCCO)cc3)cc2)nc2ccncc12. The van der Waals surface area contributed by atoms with Gasteiger partial charge >= 0.3 is 0 Å². The standard InChI is InChI=1S/C26H22N2O2/c1-2-26(30)22-16-25(28-24-13-14-27-17-23(22)24)21-11-9-20(10-12-21)19-7-5-18(6-8-19)4-3-15-29/h2,5-14,16-17,29H,1,3-4,15H2. The maximum Gasteiger partial charge on any atom is 0.186 e. The Bertz CT molecular complexity index is 1200. The molecule has 0 unspecified atom stereocenters. The van der Waals surface area contributed by atoms with Gasteiger partial charge in [-0.1, -0.05) is 55.1 Å². The highest BCUT2D eigenvalue weighted by molar-refractivity contribution is 6.13. The van der Waals surface area contributed by atoms with Gasteiger partial charge in [-0.2, -0.15) is 0 Å². The first-order valence-electron chi connectivity index (χ1n) is 9.92. The third-order valence-corrected chi connectivity index (χ3v) is 5.15. The Labute approximate surface area is 175 Å². The molecule has 0 bridgehead atoms. The van der Waals surface area contributed by atoms with Crippen LogP contribution >= 0.6 is 0 Å². The van der Waals surface area contributed by atoms with Gasteiger partial charge in [-0.25, -0.2) is 4.98 Å². The monoisotopic (exact) mass is 394 g/mol. The molecule has 0 saturated heterocycles. The van der Waals surface area contributed by atoms with Gasteiger partial charge in [-0.15, -0.1) is 0 Å². The first-order valence-corrected chi connectivity index (χ1v) is 9.92. The van der Waals surface area contributed by atoms with Gasteiger partial charge in [-0.3, -0.25) is 9.78 Å².